The molecule has 0 rings (SSSR count). The highest BCUT2D eigenvalue weighted by molar-refractivity contribution is 4.76. The molecule has 0 aliphatic rings. The Hall–Kier alpha value is -0.120. The summed E-state index contributed by atoms with van der Waals surface area (Å²) in [5, 5.41) is 19.3. The van der Waals surface area contributed by atoms with Gasteiger partial charge in [0.1, 0.15) is 0 Å². The second kappa shape index (κ2) is 3.32. The summed E-state index contributed by atoms with van der Waals surface area (Å²) >= 11 is 0. The molecule has 0 radical (unpaired) electrons. The van der Waals surface area contributed by atoms with Crippen molar-refractivity contribution in [1.29, 1.82) is 0 Å². The highest BCUT2D eigenvalue weighted by Crippen LogP contribution is 2.13. The molecule has 62 valence electrons. The summed E-state index contributed by atoms with van der Waals surface area (Å²) in [7, 11) is 0. The lowest BCUT2D eigenvalue weighted by molar-refractivity contribution is -0.195. The first-order chi connectivity index (χ1) is 4.41. The van der Waals surface area contributed by atoms with Crippen LogP contribution in [0.2, 0.25) is 0 Å². The molecule has 0 unspecified atom stereocenters. The average molecular weight is 147 g/mol. The molecule has 0 spiro atoms. The van der Waals surface area contributed by atoms with Crippen LogP contribution < -0.4 is 0 Å². The number of aliphatic hydroxyl groups excluding tert-OH is 1. The maximum atomic E-state index is 9.33. The van der Waals surface area contributed by atoms with Crippen molar-refractivity contribution in [3.05, 3.63) is 0 Å². The molecule has 10 heavy (non-hydrogen) atoms. The summed E-state index contributed by atoms with van der Waals surface area (Å²) < 4.78 is 0. The molecular weight excluding hydrogens is 130 g/mol. The molecule has 0 aliphatic carbocycles. The van der Waals surface area contributed by atoms with E-state index < -0.39 is 5.54 Å². The fraction of sp³-hybridized carbons (Fsp3) is 1.00. The minimum absolute atomic E-state index is 0.0400. The standard InChI is InChI=1S/C7H17NO2/c1-6(2)8(10)7(3,4)5-9/h6,9-10H,5H2,1-4H3. The van der Waals surface area contributed by atoms with E-state index in [1.807, 2.05) is 13.8 Å². The van der Waals surface area contributed by atoms with Crippen LogP contribution in [0, 0.1) is 0 Å². The topological polar surface area (TPSA) is 43.7 Å². The number of hydroxylamine groups is 2. The molecule has 0 atom stereocenters. The molecule has 0 aromatic carbocycles. The second-order valence-corrected chi connectivity index (χ2v) is 3.41. The predicted octanol–water partition coefficient (Wildman–Crippen LogP) is 0.857. The number of rotatable bonds is 3. The molecule has 0 aromatic rings. The quantitative estimate of drug-likeness (QED) is 0.582. The predicted molar refractivity (Wildman–Crippen MR) is 39.9 cm³/mol. The van der Waals surface area contributed by atoms with Gasteiger partial charge in [-0.3, -0.25) is 0 Å². The first-order valence-corrected chi connectivity index (χ1v) is 3.51. The molecular formula is C7H17NO2. The third kappa shape index (κ3) is 2.25. The Bertz CT molecular complexity index is 102. The van der Waals surface area contributed by atoms with E-state index in [2.05, 4.69) is 0 Å². The molecule has 0 saturated carbocycles. The van der Waals surface area contributed by atoms with Crippen molar-refractivity contribution in [2.45, 2.75) is 39.3 Å². The zero-order valence-corrected chi connectivity index (χ0v) is 7.13. The zero-order valence-electron chi connectivity index (χ0n) is 7.13. The summed E-state index contributed by atoms with van der Waals surface area (Å²) in [6, 6.07) is 0.0437. The van der Waals surface area contributed by atoms with Gasteiger partial charge in [-0.15, -0.1) is 0 Å². The van der Waals surface area contributed by atoms with Gasteiger partial charge < -0.3 is 10.3 Å². The molecule has 3 heteroatoms. The van der Waals surface area contributed by atoms with Crippen LogP contribution >= 0.6 is 0 Å². The van der Waals surface area contributed by atoms with Crippen LogP contribution in [0.5, 0.6) is 0 Å². The highest BCUT2D eigenvalue weighted by atomic mass is 16.5. The van der Waals surface area contributed by atoms with Crippen LogP contribution in [0.25, 0.3) is 0 Å². The van der Waals surface area contributed by atoms with Crippen LogP contribution in [0.3, 0.4) is 0 Å². The van der Waals surface area contributed by atoms with Gasteiger partial charge in [0.05, 0.1) is 12.1 Å². The van der Waals surface area contributed by atoms with Crippen LogP contribution in [-0.2, 0) is 0 Å². The lowest BCUT2D eigenvalue weighted by Gasteiger charge is -2.34. The van der Waals surface area contributed by atoms with Crippen LogP contribution in [0.4, 0.5) is 0 Å². The van der Waals surface area contributed by atoms with E-state index in [0.29, 0.717) is 0 Å². The van der Waals surface area contributed by atoms with Crippen molar-refractivity contribution in [2.75, 3.05) is 6.61 Å². The van der Waals surface area contributed by atoms with Crippen LogP contribution in [0.1, 0.15) is 27.7 Å². The third-order valence-electron chi connectivity index (χ3n) is 1.50. The Balaban J connectivity index is 4.03. The number of nitrogens with zero attached hydrogens (tertiary/aromatic N) is 1. The first kappa shape index (κ1) is 9.88. The van der Waals surface area contributed by atoms with E-state index >= 15 is 0 Å². The molecule has 0 saturated heterocycles. The van der Waals surface area contributed by atoms with Crippen molar-refractivity contribution < 1.29 is 10.3 Å². The summed E-state index contributed by atoms with van der Waals surface area (Å²) in [5.41, 5.74) is -0.534. The van der Waals surface area contributed by atoms with Crippen LogP contribution in [-0.4, -0.2) is 33.6 Å². The second-order valence-electron chi connectivity index (χ2n) is 3.41. The van der Waals surface area contributed by atoms with E-state index in [-0.39, 0.29) is 12.6 Å². The fourth-order valence-corrected chi connectivity index (χ4v) is 0.771. The Morgan fingerprint density at radius 3 is 1.90 bits per heavy atom. The van der Waals surface area contributed by atoms with Gasteiger partial charge in [-0.1, -0.05) is 0 Å². The smallest absolute Gasteiger partial charge is 0.0637 e. The molecule has 0 aliphatic heterocycles. The molecule has 0 bridgehead atoms. The molecule has 3 nitrogen and oxygen atoms in total. The molecule has 2 N–H and O–H groups in total. The highest BCUT2D eigenvalue weighted by Gasteiger charge is 2.26. The Morgan fingerprint density at radius 1 is 1.40 bits per heavy atom. The van der Waals surface area contributed by atoms with Gasteiger partial charge >= 0.3 is 0 Å². The monoisotopic (exact) mass is 147 g/mol. The Kier molecular flexibility index (Phi) is 3.28. The van der Waals surface area contributed by atoms with Gasteiger partial charge in [-0.05, 0) is 27.7 Å². The summed E-state index contributed by atoms with van der Waals surface area (Å²) in [4.78, 5) is 0. The lowest BCUT2D eigenvalue weighted by atomic mass is 10.1. The van der Waals surface area contributed by atoms with Crippen LogP contribution in [0.15, 0.2) is 0 Å². The third-order valence-corrected chi connectivity index (χ3v) is 1.50. The molecule has 0 aromatic heterocycles. The average Bonchev–Trinajstić information content (AvgIpc) is 1.86. The van der Waals surface area contributed by atoms with Crippen molar-refractivity contribution in [1.82, 2.24) is 5.06 Å². The Morgan fingerprint density at radius 2 is 1.80 bits per heavy atom. The number of hydrogen-bond acceptors (Lipinski definition) is 3. The van der Waals surface area contributed by atoms with E-state index in [1.54, 1.807) is 13.8 Å². The van der Waals surface area contributed by atoms with Crippen molar-refractivity contribution >= 4 is 0 Å². The zero-order chi connectivity index (χ0) is 8.36. The van der Waals surface area contributed by atoms with E-state index in [9.17, 15) is 5.21 Å². The van der Waals surface area contributed by atoms with E-state index in [4.69, 9.17) is 5.11 Å². The minimum atomic E-state index is -0.534. The van der Waals surface area contributed by atoms with E-state index in [0.717, 1.165) is 5.06 Å². The SMILES string of the molecule is CC(C)N(O)C(C)(C)CO. The van der Waals surface area contributed by atoms with Gasteiger partial charge in [-0.25, -0.2) is 0 Å². The van der Waals surface area contributed by atoms with Crippen molar-refractivity contribution in [3.8, 4) is 0 Å². The maximum Gasteiger partial charge on any atom is 0.0637 e. The van der Waals surface area contributed by atoms with Crippen molar-refractivity contribution in [3.63, 3.8) is 0 Å². The van der Waals surface area contributed by atoms with Gasteiger partial charge in [-0.2, -0.15) is 5.06 Å². The van der Waals surface area contributed by atoms with Gasteiger partial charge in [0.25, 0.3) is 0 Å². The van der Waals surface area contributed by atoms with Gasteiger partial charge in [0.2, 0.25) is 0 Å². The van der Waals surface area contributed by atoms with Crippen molar-refractivity contribution in [2.24, 2.45) is 0 Å². The van der Waals surface area contributed by atoms with E-state index in [1.165, 1.54) is 0 Å². The summed E-state index contributed by atoms with van der Waals surface area (Å²) in [6.45, 7) is 7.27. The molecule has 0 amide bonds. The van der Waals surface area contributed by atoms with Gasteiger partial charge in [0.15, 0.2) is 0 Å². The largest absolute Gasteiger partial charge is 0.394 e. The Labute approximate surface area is 62.2 Å². The fourth-order valence-electron chi connectivity index (χ4n) is 0.771. The molecule has 0 fully saturated rings. The summed E-state index contributed by atoms with van der Waals surface area (Å²) in [5.74, 6) is 0. The first-order valence-electron chi connectivity index (χ1n) is 3.51. The minimum Gasteiger partial charge on any atom is -0.394 e. The lowest BCUT2D eigenvalue weighted by Crippen LogP contribution is -2.48. The normalized spacial score (nSPS) is 13.2. The molecule has 0 heterocycles. The number of aliphatic hydroxyl groups is 1. The van der Waals surface area contributed by atoms with Gasteiger partial charge in [0, 0.05) is 6.04 Å². The maximum absolute atomic E-state index is 9.33. The summed E-state index contributed by atoms with van der Waals surface area (Å²) in [6.07, 6.45) is 0. The number of hydrogen-bond donors (Lipinski definition) is 2.